The van der Waals surface area contributed by atoms with Gasteiger partial charge in [0, 0.05) is 35.5 Å². The van der Waals surface area contributed by atoms with E-state index in [1.54, 1.807) is 12.1 Å². The van der Waals surface area contributed by atoms with Gasteiger partial charge in [-0.15, -0.1) is 11.7 Å². The van der Waals surface area contributed by atoms with Crippen LogP contribution in [0.3, 0.4) is 0 Å². The van der Waals surface area contributed by atoms with Crippen LogP contribution < -0.4 is 10.9 Å². The van der Waals surface area contributed by atoms with Crippen molar-refractivity contribution in [2.75, 3.05) is 5.32 Å². The van der Waals surface area contributed by atoms with Crippen LogP contribution in [0.1, 0.15) is 17.7 Å². The highest BCUT2D eigenvalue weighted by molar-refractivity contribution is 5.90. The summed E-state index contributed by atoms with van der Waals surface area (Å²) >= 11 is 0. The molecule has 2 aromatic carbocycles. The van der Waals surface area contributed by atoms with Gasteiger partial charge in [-0.3, -0.25) is 9.59 Å². The SMILES string of the molecule is C=CCn1c(C)c(CCC(=O)Nc2cccc(F)c2)c(=O)n2nc(-c3ccccc3)nc12. The van der Waals surface area contributed by atoms with Crippen molar-refractivity contribution < 1.29 is 9.18 Å². The fraction of sp³-hybridized carbons (Fsp3) is 0.167. The number of rotatable bonds is 7. The number of carbonyl (C=O) groups is 1. The molecule has 8 heteroatoms. The number of nitrogens with zero attached hydrogens (tertiary/aromatic N) is 4. The molecule has 0 aliphatic carbocycles. The third kappa shape index (κ3) is 4.20. The molecule has 0 radical (unpaired) electrons. The fourth-order valence-corrected chi connectivity index (χ4v) is 3.58. The topological polar surface area (TPSA) is 81.3 Å². The number of hydrogen-bond acceptors (Lipinski definition) is 4. The van der Waals surface area contributed by atoms with E-state index < -0.39 is 5.82 Å². The van der Waals surface area contributed by atoms with E-state index in [1.165, 1.54) is 22.7 Å². The molecule has 2 heterocycles. The Morgan fingerprint density at radius 3 is 2.69 bits per heavy atom. The maximum absolute atomic E-state index is 13.3. The summed E-state index contributed by atoms with van der Waals surface area (Å²) in [6.07, 6.45) is 1.99. The van der Waals surface area contributed by atoms with Crippen LogP contribution in [0.5, 0.6) is 0 Å². The van der Waals surface area contributed by atoms with E-state index in [0.29, 0.717) is 35.1 Å². The lowest BCUT2D eigenvalue weighted by Crippen LogP contribution is -2.27. The first-order chi connectivity index (χ1) is 15.5. The Kier molecular flexibility index (Phi) is 5.93. The van der Waals surface area contributed by atoms with Crippen molar-refractivity contribution in [3.05, 3.63) is 94.7 Å². The summed E-state index contributed by atoms with van der Waals surface area (Å²) in [5.74, 6) is 0.116. The summed E-state index contributed by atoms with van der Waals surface area (Å²) in [6.45, 7) is 6.05. The monoisotopic (exact) mass is 431 g/mol. The normalized spacial score (nSPS) is 10.9. The van der Waals surface area contributed by atoms with Crippen molar-refractivity contribution in [2.45, 2.75) is 26.3 Å². The molecule has 0 aliphatic heterocycles. The molecular formula is C24H22FN5O2. The molecule has 4 aromatic rings. The maximum Gasteiger partial charge on any atom is 0.279 e. The van der Waals surface area contributed by atoms with Crippen LogP contribution in [-0.4, -0.2) is 25.1 Å². The Labute approximate surface area is 183 Å². The maximum atomic E-state index is 13.3. The van der Waals surface area contributed by atoms with E-state index in [4.69, 9.17) is 0 Å². The first-order valence-corrected chi connectivity index (χ1v) is 10.2. The molecule has 0 fully saturated rings. The summed E-state index contributed by atoms with van der Waals surface area (Å²) in [5.41, 5.74) is 2.03. The molecule has 1 N–H and O–H groups in total. The molecule has 4 rings (SSSR count). The first-order valence-electron chi connectivity index (χ1n) is 10.2. The van der Waals surface area contributed by atoms with Crippen molar-refractivity contribution in [3.63, 3.8) is 0 Å². The molecular weight excluding hydrogens is 409 g/mol. The number of allylic oxidation sites excluding steroid dienone is 1. The molecule has 0 atom stereocenters. The van der Waals surface area contributed by atoms with Crippen molar-refractivity contribution in [3.8, 4) is 11.4 Å². The molecule has 0 aliphatic rings. The van der Waals surface area contributed by atoms with Gasteiger partial charge in [0.2, 0.25) is 11.7 Å². The van der Waals surface area contributed by atoms with Gasteiger partial charge < -0.3 is 9.88 Å². The van der Waals surface area contributed by atoms with Gasteiger partial charge in [0.15, 0.2) is 5.82 Å². The smallest absolute Gasteiger partial charge is 0.279 e. The standard InChI is InChI=1S/C24H22FN5O2/c1-3-14-29-16(2)20(12-13-21(31)26-19-11-7-10-18(25)15-19)23(32)30-24(29)27-22(28-30)17-8-5-4-6-9-17/h3-11,15H,1,12-14H2,2H3,(H,26,31). The van der Waals surface area contributed by atoms with Gasteiger partial charge >= 0.3 is 0 Å². The van der Waals surface area contributed by atoms with Gasteiger partial charge in [0.25, 0.3) is 5.56 Å². The quantitative estimate of drug-likeness (QED) is 0.452. The summed E-state index contributed by atoms with van der Waals surface area (Å²) in [5, 5.41) is 7.08. The Morgan fingerprint density at radius 2 is 1.97 bits per heavy atom. The molecule has 7 nitrogen and oxygen atoms in total. The zero-order valence-electron chi connectivity index (χ0n) is 17.6. The van der Waals surface area contributed by atoms with Gasteiger partial charge in [-0.2, -0.15) is 9.50 Å². The van der Waals surface area contributed by atoms with Gasteiger partial charge in [-0.25, -0.2) is 4.39 Å². The van der Waals surface area contributed by atoms with Crippen molar-refractivity contribution in [1.82, 2.24) is 19.2 Å². The van der Waals surface area contributed by atoms with Gasteiger partial charge in [-0.05, 0) is 31.5 Å². The van der Waals surface area contributed by atoms with Crippen LogP contribution in [0.4, 0.5) is 10.1 Å². The van der Waals surface area contributed by atoms with Crippen LogP contribution in [0, 0.1) is 12.7 Å². The number of halogens is 1. The fourth-order valence-electron chi connectivity index (χ4n) is 3.58. The number of amides is 1. The average molecular weight is 431 g/mol. The van der Waals surface area contributed by atoms with Gasteiger partial charge in [0.1, 0.15) is 5.82 Å². The molecule has 1 amide bonds. The average Bonchev–Trinajstić information content (AvgIpc) is 3.23. The summed E-state index contributed by atoms with van der Waals surface area (Å²) in [7, 11) is 0. The van der Waals surface area contributed by atoms with Crippen LogP contribution >= 0.6 is 0 Å². The number of hydrogen-bond donors (Lipinski definition) is 1. The molecule has 0 unspecified atom stereocenters. The number of nitrogens with one attached hydrogen (secondary N) is 1. The first kappa shape index (κ1) is 21.2. The second-order valence-electron chi connectivity index (χ2n) is 7.34. The Hall–Kier alpha value is -4.07. The minimum Gasteiger partial charge on any atom is -0.326 e. The lowest BCUT2D eigenvalue weighted by molar-refractivity contribution is -0.116. The van der Waals surface area contributed by atoms with E-state index in [9.17, 15) is 14.0 Å². The number of anilines is 1. The number of carbonyl (C=O) groups excluding carboxylic acids is 1. The Morgan fingerprint density at radius 1 is 1.19 bits per heavy atom. The Balaban J connectivity index is 1.67. The van der Waals surface area contributed by atoms with E-state index >= 15 is 0 Å². The van der Waals surface area contributed by atoms with Gasteiger partial charge in [-0.1, -0.05) is 42.5 Å². The molecule has 32 heavy (non-hydrogen) atoms. The highest BCUT2D eigenvalue weighted by Crippen LogP contribution is 2.18. The van der Waals surface area contributed by atoms with Crippen LogP contribution in [0.25, 0.3) is 17.2 Å². The van der Waals surface area contributed by atoms with E-state index in [1.807, 2.05) is 41.8 Å². The second-order valence-corrected chi connectivity index (χ2v) is 7.34. The minimum atomic E-state index is -0.434. The van der Waals surface area contributed by atoms with Crippen LogP contribution in [-0.2, 0) is 17.8 Å². The van der Waals surface area contributed by atoms with Crippen LogP contribution in [0.15, 0.2) is 72.0 Å². The zero-order valence-corrected chi connectivity index (χ0v) is 17.6. The van der Waals surface area contributed by atoms with Crippen molar-refractivity contribution in [2.24, 2.45) is 0 Å². The largest absolute Gasteiger partial charge is 0.326 e. The summed E-state index contributed by atoms with van der Waals surface area (Å²) in [6, 6.07) is 15.1. The highest BCUT2D eigenvalue weighted by Gasteiger charge is 2.19. The van der Waals surface area contributed by atoms with E-state index in [0.717, 1.165) is 5.56 Å². The van der Waals surface area contributed by atoms with Crippen molar-refractivity contribution >= 4 is 17.4 Å². The van der Waals surface area contributed by atoms with E-state index in [-0.39, 0.29) is 24.3 Å². The summed E-state index contributed by atoms with van der Waals surface area (Å²) < 4.78 is 16.5. The van der Waals surface area contributed by atoms with Gasteiger partial charge in [0.05, 0.1) is 0 Å². The predicted octanol–water partition coefficient (Wildman–Crippen LogP) is 3.76. The molecule has 0 saturated carbocycles. The highest BCUT2D eigenvalue weighted by atomic mass is 19.1. The number of aromatic nitrogens is 4. The van der Waals surface area contributed by atoms with Crippen LogP contribution in [0.2, 0.25) is 0 Å². The molecule has 0 saturated heterocycles. The number of fused-ring (bicyclic) bond motifs is 1. The minimum absolute atomic E-state index is 0.0619. The molecule has 2 aromatic heterocycles. The lowest BCUT2D eigenvalue weighted by Gasteiger charge is -2.14. The zero-order chi connectivity index (χ0) is 22.7. The van der Waals surface area contributed by atoms with E-state index in [2.05, 4.69) is 22.0 Å². The summed E-state index contributed by atoms with van der Waals surface area (Å²) in [4.78, 5) is 30.2. The third-order valence-electron chi connectivity index (χ3n) is 5.18. The van der Waals surface area contributed by atoms with Crippen molar-refractivity contribution in [1.29, 1.82) is 0 Å². The Bertz CT molecular complexity index is 1360. The molecule has 0 bridgehead atoms. The predicted molar refractivity (Wildman–Crippen MR) is 121 cm³/mol. The third-order valence-corrected chi connectivity index (χ3v) is 5.18. The number of benzene rings is 2. The molecule has 0 spiro atoms. The molecule has 162 valence electrons. The lowest BCUT2D eigenvalue weighted by atomic mass is 10.1. The second kappa shape index (κ2) is 8.97.